The Labute approximate surface area is 152 Å². The molecule has 25 heavy (non-hydrogen) atoms. The van der Waals surface area contributed by atoms with Crippen LogP contribution in [-0.4, -0.2) is 22.4 Å². The molecule has 2 heteroatoms. The average molecular weight is 341 g/mol. The van der Waals surface area contributed by atoms with Gasteiger partial charge in [-0.1, -0.05) is 79.0 Å². The van der Waals surface area contributed by atoms with Crippen LogP contribution >= 0.6 is 0 Å². The normalized spacial score (nSPS) is 25.3. The highest BCUT2D eigenvalue weighted by atomic mass is 16.3. The van der Waals surface area contributed by atoms with Gasteiger partial charge in [-0.05, 0) is 50.7 Å². The summed E-state index contributed by atoms with van der Waals surface area (Å²) in [4.78, 5) is 0. The number of aliphatic hydroxyl groups is 2. The van der Waals surface area contributed by atoms with Crippen molar-refractivity contribution in [2.75, 3.05) is 0 Å². The van der Waals surface area contributed by atoms with Crippen molar-refractivity contribution in [1.29, 1.82) is 0 Å². The van der Waals surface area contributed by atoms with Gasteiger partial charge < -0.3 is 10.2 Å². The second-order valence-corrected chi connectivity index (χ2v) is 9.27. The molecule has 2 aliphatic carbocycles. The maximum atomic E-state index is 10.4. The standard InChI is InChI=1S/C23H32O2/c1-14-9-16(12-18(20(14)24)22(3,4)5)11-17-10-15(2)21(25)19(13-17)23(6,7)8/h9-10,12-13,20-21,24-25H,1-2,11H2,3-8H3. The van der Waals surface area contributed by atoms with Crippen molar-refractivity contribution < 1.29 is 10.2 Å². The molecule has 2 N–H and O–H groups in total. The molecule has 0 aromatic rings. The minimum atomic E-state index is -0.610. The Morgan fingerprint density at radius 3 is 1.32 bits per heavy atom. The van der Waals surface area contributed by atoms with Crippen LogP contribution in [0.1, 0.15) is 48.0 Å². The van der Waals surface area contributed by atoms with Gasteiger partial charge in [0.2, 0.25) is 0 Å². The van der Waals surface area contributed by atoms with Crippen molar-refractivity contribution in [2.24, 2.45) is 10.8 Å². The molecular formula is C23H32O2. The topological polar surface area (TPSA) is 40.5 Å². The minimum Gasteiger partial charge on any atom is -0.384 e. The lowest BCUT2D eigenvalue weighted by Crippen LogP contribution is -2.26. The highest BCUT2D eigenvalue weighted by Crippen LogP contribution is 2.39. The Balaban J connectivity index is 2.36. The van der Waals surface area contributed by atoms with Crippen LogP contribution in [0.25, 0.3) is 0 Å². The van der Waals surface area contributed by atoms with E-state index in [0.717, 1.165) is 39.9 Å². The monoisotopic (exact) mass is 340 g/mol. The van der Waals surface area contributed by atoms with E-state index in [4.69, 9.17) is 0 Å². The predicted molar refractivity (Wildman–Crippen MR) is 106 cm³/mol. The van der Waals surface area contributed by atoms with Crippen molar-refractivity contribution in [1.82, 2.24) is 0 Å². The summed E-state index contributed by atoms with van der Waals surface area (Å²) >= 11 is 0. The first-order valence-electron chi connectivity index (χ1n) is 8.89. The molecule has 136 valence electrons. The SMILES string of the molecule is C=C1C=C(CC2=CC(=C)C(O)C(C(C)(C)C)=C2)C=C(C(C)(C)C)C1O. The van der Waals surface area contributed by atoms with Crippen molar-refractivity contribution in [3.8, 4) is 0 Å². The van der Waals surface area contributed by atoms with Gasteiger partial charge >= 0.3 is 0 Å². The largest absolute Gasteiger partial charge is 0.384 e. The molecule has 2 rings (SSSR count). The maximum Gasteiger partial charge on any atom is 0.100 e. The molecular weight excluding hydrogens is 308 g/mol. The molecule has 0 radical (unpaired) electrons. The summed E-state index contributed by atoms with van der Waals surface area (Å²) in [7, 11) is 0. The van der Waals surface area contributed by atoms with Gasteiger partial charge in [-0.15, -0.1) is 0 Å². The van der Waals surface area contributed by atoms with Crippen LogP contribution in [0.2, 0.25) is 0 Å². The zero-order valence-corrected chi connectivity index (χ0v) is 16.5. The summed E-state index contributed by atoms with van der Waals surface area (Å²) in [6, 6.07) is 0. The molecule has 0 saturated heterocycles. The first-order valence-corrected chi connectivity index (χ1v) is 8.89. The first-order chi connectivity index (χ1) is 11.3. The molecule has 0 bridgehead atoms. The number of aliphatic hydroxyl groups excluding tert-OH is 2. The molecule has 0 aliphatic heterocycles. The van der Waals surface area contributed by atoms with Gasteiger partial charge in [0.1, 0.15) is 12.2 Å². The summed E-state index contributed by atoms with van der Waals surface area (Å²) in [5.74, 6) is 0. The van der Waals surface area contributed by atoms with Crippen LogP contribution in [0, 0.1) is 10.8 Å². The number of rotatable bonds is 2. The van der Waals surface area contributed by atoms with E-state index in [1.807, 2.05) is 12.2 Å². The molecule has 0 aromatic heterocycles. The number of allylic oxidation sites excluding steroid dienone is 4. The lowest BCUT2D eigenvalue weighted by atomic mass is 9.75. The van der Waals surface area contributed by atoms with Crippen LogP contribution in [0.3, 0.4) is 0 Å². The maximum absolute atomic E-state index is 10.4. The fourth-order valence-corrected chi connectivity index (χ4v) is 3.37. The summed E-state index contributed by atoms with van der Waals surface area (Å²) in [6.07, 6.45) is 7.65. The third-order valence-electron chi connectivity index (χ3n) is 4.86. The van der Waals surface area contributed by atoms with Gasteiger partial charge in [0, 0.05) is 0 Å². The average Bonchev–Trinajstić information content (AvgIpc) is 2.43. The first kappa shape index (κ1) is 19.7. The Kier molecular flexibility index (Phi) is 5.18. The second kappa shape index (κ2) is 6.59. The third-order valence-corrected chi connectivity index (χ3v) is 4.86. The van der Waals surface area contributed by atoms with Crippen molar-refractivity contribution in [3.63, 3.8) is 0 Å². The van der Waals surface area contributed by atoms with E-state index in [9.17, 15) is 10.2 Å². The Morgan fingerprint density at radius 2 is 1.04 bits per heavy atom. The Bertz CT molecular complexity index is 650. The molecule has 0 spiro atoms. The van der Waals surface area contributed by atoms with E-state index in [0.29, 0.717) is 0 Å². The second-order valence-electron chi connectivity index (χ2n) is 9.27. The van der Waals surface area contributed by atoms with Crippen LogP contribution in [-0.2, 0) is 0 Å². The van der Waals surface area contributed by atoms with Crippen molar-refractivity contribution in [2.45, 2.75) is 60.2 Å². The van der Waals surface area contributed by atoms with Crippen LogP contribution < -0.4 is 0 Å². The number of hydrogen-bond acceptors (Lipinski definition) is 2. The molecule has 0 fully saturated rings. The minimum absolute atomic E-state index is 0.116. The summed E-state index contributed by atoms with van der Waals surface area (Å²) in [6.45, 7) is 20.7. The van der Waals surface area contributed by atoms with Gasteiger partial charge in [-0.2, -0.15) is 0 Å². The summed E-state index contributed by atoms with van der Waals surface area (Å²) in [5, 5.41) is 20.9. The van der Waals surface area contributed by atoms with E-state index >= 15 is 0 Å². The van der Waals surface area contributed by atoms with Crippen molar-refractivity contribution in [3.05, 3.63) is 70.9 Å². The molecule has 2 unspecified atom stereocenters. The Morgan fingerprint density at radius 1 is 0.720 bits per heavy atom. The van der Waals surface area contributed by atoms with E-state index in [1.165, 1.54) is 0 Å². The van der Waals surface area contributed by atoms with Gasteiger partial charge in [0.15, 0.2) is 0 Å². The highest BCUT2D eigenvalue weighted by Gasteiger charge is 2.30. The van der Waals surface area contributed by atoms with Gasteiger partial charge in [0.25, 0.3) is 0 Å². The highest BCUT2D eigenvalue weighted by molar-refractivity contribution is 5.51. The van der Waals surface area contributed by atoms with Gasteiger partial charge in [-0.25, -0.2) is 0 Å². The molecule has 2 aliphatic rings. The molecule has 0 heterocycles. The predicted octanol–water partition coefficient (Wildman–Crippen LogP) is 5.04. The fourth-order valence-electron chi connectivity index (χ4n) is 3.37. The summed E-state index contributed by atoms with van der Waals surface area (Å²) in [5.41, 5.74) is 5.47. The zero-order chi connectivity index (χ0) is 19.2. The smallest absolute Gasteiger partial charge is 0.100 e. The van der Waals surface area contributed by atoms with Crippen LogP contribution in [0.4, 0.5) is 0 Å². The Hall–Kier alpha value is -1.64. The lowest BCUT2D eigenvalue weighted by molar-refractivity contribution is 0.220. The van der Waals surface area contributed by atoms with Crippen LogP contribution in [0.5, 0.6) is 0 Å². The summed E-state index contributed by atoms with van der Waals surface area (Å²) < 4.78 is 0. The van der Waals surface area contributed by atoms with Crippen LogP contribution in [0.15, 0.2) is 70.9 Å². The van der Waals surface area contributed by atoms with Crippen molar-refractivity contribution >= 4 is 0 Å². The van der Waals surface area contributed by atoms with E-state index in [2.05, 4.69) is 66.9 Å². The third kappa shape index (κ3) is 4.31. The van der Waals surface area contributed by atoms with E-state index in [1.54, 1.807) is 0 Å². The quantitative estimate of drug-likeness (QED) is 0.739. The molecule has 0 saturated carbocycles. The lowest BCUT2D eigenvalue weighted by Gasteiger charge is -2.33. The zero-order valence-electron chi connectivity index (χ0n) is 16.5. The van der Waals surface area contributed by atoms with Gasteiger partial charge in [0.05, 0.1) is 0 Å². The molecule has 0 aromatic carbocycles. The molecule has 2 atom stereocenters. The van der Waals surface area contributed by atoms with Gasteiger partial charge in [-0.3, -0.25) is 0 Å². The molecule has 2 nitrogen and oxygen atoms in total. The van der Waals surface area contributed by atoms with E-state index in [-0.39, 0.29) is 10.8 Å². The molecule has 0 amide bonds. The fraction of sp³-hybridized carbons (Fsp3) is 0.478. The van der Waals surface area contributed by atoms with E-state index < -0.39 is 12.2 Å². The number of hydrogen-bond donors (Lipinski definition) is 2.